The molecule has 0 bridgehead atoms. The van der Waals surface area contributed by atoms with Crippen LogP contribution in [0.4, 0.5) is 0 Å². The molecular weight excluding hydrogens is 456 g/mol. The Kier molecular flexibility index (Phi) is 5.70. The molecule has 0 N–H and O–H groups in total. The van der Waals surface area contributed by atoms with Gasteiger partial charge in [0.15, 0.2) is 16.3 Å². The minimum absolute atomic E-state index is 0.179. The molecule has 174 valence electrons. The summed E-state index contributed by atoms with van der Waals surface area (Å²) in [5, 5.41) is 0. The number of benzene rings is 2. The zero-order chi connectivity index (χ0) is 23.8. The molecule has 0 radical (unpaired) electrons. The van der Waals surface area contributed by atoms with Gasteiger partial charge in [-0.3, -0.25) is 9.36 Å². The number of methoxy groups -OCH3 is 1. The summed E-state index contributed by atoms with van der Waals surface area (Å²) in [6.07, 6.45) is 1.79. The minimum Gasteiger partial charge on any atom is -0.497 e. The van der Waals surface area contributed by atoms with Crippen LogP contribution in [-0.2, 0) is 9.53 Å². The van der Waals surface area contributed by atoms with Crippen molar-refractivity contribution in [1.29, 1.82) is 0 Å². The molecule has 1 atom stereocenters. The number of rotatable bonds is 5. The third-order valence-corrected chi connectivity index (χ3v) is 6.63. The molecule has 0 unspecified atom stereocenters. The van der Waals surface area contributed by atoms with Crippen LogP contribution >= 0.6 is 11.3 Å². The van der Waals surface area contributed by atoms with Crippen LogP contribution in [0, 0.1) is 0 Å². The summed E-state index contributed by atoms with van der Waals surface area (Å²) in [4.78, 5) is 31.7. The Balaban J connectivity index is 1.68. The van der Waals surface area contributed by atoms with E-state index in [1.54, 1.807) is 43.7 Å². The van der Waals surface area contributed by atoms with E-state index in [-0.39, 0.29) is 19.0 Å². The van der Waals surface area contributed by atoms with Crippen LogP contribution in [0.1, 0.15) is 31.0 Å². The Morgan fingerprint density at radius 2 is 1.97 bits per heavy atom. The van der Waals surface area contributed by atoms with Crippen LogP contribution in [0.5, 0.6) is 17.2 Å². The summed E-state index contributed by atoms with van der Waals surface area (Å²) >= 11 is 1.27. The standard InChI is InChI=1S/C25H22N2O6S/c1-4-31-24(29)21-14(2)26-25-27(22(21)16-6-8-17(30-3)9-7-16)23(28)20(34-25)12-15-5-10-18-19(11-15)33-13-32-18/h5-12,22H,4,13H2,1-3H3/b20-12+/t22-/m0/s1. The summed E-state index contributed by atoms with van der Waals surface area (Å²) in [5.74, 6) is 1.50. The van der Waals surface area contributed by atoms with Gasteiger partial charge in [-0.25, -0.2) is 9.79 Å². The SMILES string of the molecule is CCOC(=O)C1=C(C)N=c2s/c(=C/c3ccc4c(c3)OCO4)c(=O)n2[C@H]1c1ccc(OC)cc1. The predicted octanol–water partition coefficient (Wildman–Crippen LogP) is 2.54. The molecule has 3 heterocycles. The molecule has 0 amide bonds. The van der Waals surface area contributed by atoms with Crippen LogP contribution < -0.4 is 29.1 Å². The molecule has 5 rings (SSSR count). The van der Waals surface area contributed by atoms with E-state index in [4.69, 9.17) is 18.9 Å². The molecule has 34 heavy (non-hydrogen) atoms. The van der Waals surface area contributed by atoms with E-state index in [9.17, 15) is 9.59 Å². The summed E-state index contributed by atoms with van der Waals surface area (Å²) in [6, 6.07) is 12.1. The molecule has 1 aromatic heterocycles. The lowest BCUT2D eigenvalue weighted by molar-refractivity contribution is -0.139. The molecule has 2 aliphatic rings. The number of hydrogen-bond donors (Lipinski definition) is 0. The molecule has 3 aromatic rings. The Morgan fingerprint density at radius 3 is 2.71 bits per heavy atom. The third kappa shape index (κ3) is 3.77. The average molecular weight is 479 g/mol. The fraction of sp³-hybridized carbons (Fsp3) is 0.240. The van der Waals surface area contributed by atoms with Crippen molar-refractivity contribution < 1.29 is 23.7 Å². The van der Waals surface area contributed by atoms with Gasteiger partial charge in [0.2, 0.25) is 6.79 Å². The zero-order valence-electron chi connectivity index (χ0n) is 18.9. The van der Waals surface area contributed by atoms with Crippen molar-refractivity contribution in [3.05, 3.63) is 84.5 Å². The van der Waals surface area contributed by atoms with Crippen molar-refractivity contribution in [2.75, 3.05) is 20.5 Å². The number of hydrogen-bond acceptors (Lipinski definition) is 8. The monoisotopic (exact) mass is 478 g/mol. The van der Waals surface area contributed by atoms with Gasteiger partial charge in [0, 0.05) is 0 Å². The lowest BCUT2D eigenvalue weighted by Crippen LogP contribution is -2.39. The van der Waals surface area contributed by atoms with Gasteiger partial charge in [0.25, 0.3) is 5.56 Å². The van der Waals surface area contributed by atoms with Crippen LogP contribution in [-0.4, -0.2) is 31.0 Å². The summed E-state index contributed by atoms with van der Waals surface area (Å²) in [5.41, 5.74) is 2.19. The highest BCUT2D eigenvalue weighted by molar-refractivity contribution is 7.07. The Hall–Kier alpha value is -3.85. The molecule has 2 aliphatic heterocycles. The van der Waals surface area contributed by atoms with Gasteiger partial charge in [-0.15, -0.1) is 0 Å². The molecule has 9 heteroatoms. The number of esters is 1. The van der Waals surface area contributed by atoms with E-state index in [0.717, 1.165) is 11.1 Å². The number of nitrogens with zero attached hydrogens (tertiary/aromatic N) is 2. The second-order valence-electron chi connectivity index (χ2n) is 7.69. The number of aromatic nitrogens is 1. The fourth-order valence-corrected chi connectivity index (χ4v) is 5.09. The normalized spacial score (nSPS) is 16.8. The van der Waals surface area contributed by atoms with Crippen LogP contribution in [0.3, 0.4) is 0 Å². The maximum atomic E-state index is 13.6. The fourth-order valence-electron chi connectivity index (χ4n) is 4.05. The molecule has 2 aromatic carbocycles. The molecule has 0 fully saturated rings. The Morgan fingerprint density at radius 1 is 1.21 bits per heavy atom. The molecule has 0 saturated carbocycles. The van der Waals surface area contributed by atoms with Crippen LogP contribution in [0.25, 0.3) is 6.08 Å². The van der Waals surface area contributed by atoms with Crippen molar-refractivity contribution in [3.63, 3.8) is 0 Å². The Bertz CT molecular complexity index is 1480. The van der Waals surface area contributed by atoms with Gasteiger partial charge in [-0.2, -0.15) is 0 Å². The maximum Gasteiger partial charge on any atom is 0.338 e. The summed E-state index contributed by atoms with van der Waals surface area (Å²) in [6.45, 7) is 3.91. The maximum absolute atomic E-state index is 13.6. The average Bonchev–Trinajstić information content (AvgIpc) is 3.42. The second-order valence-corrected chi connectivity index (χ2v) is 8.70. The first kappa shape index (κ1) is 22.0. The molecule has 0 aliphatic carbocycles. The van der Waals surface area contributed by atoms with Crippen molar-refractivity contribution >= 4 is 23.4 Å². The topological polar surface area (TPSA) is 88.4 Å². The summed E-state index contributed by atoms with van der Waals surface area (Å²) in [7, 11) is 1.59. The van der Waals surface area contributed by atoms with E-state index >= 15 is 0 Å². The smallest absolute Gasteiger partial charge is 0.338 e. The molecule has 0 spiro atoms. The second kappa shape index (κ2) is 8.83. The van der Waals surface area contributed by atoms with Gasteiger partial charge in [-0.05, 0) is 55.3 Å². The first-order valence-electron chi connectivity index (χ1n) is 10.7. The van der Waals surface area contributed by atoms with Crippen LogP contribution in [0.2, 0.25) is 0 Å². The lowest BCUT2D eigenvalue weighted by Gasteiger charge is -2.24. The van der Waals surface area contributed by atoms with Gasteiger partial charge in [0.05, 0.1) is 35.6 Å². The molecular formula is C25H22N2O6S. The zero-order valence-corrected chi connectivity index (χ0v) is 19.7. The van der Waals surface area contributed by atoms with E-state index in [0.29, 0.717) is 37.9 Å². The van der Waals surface area contributed by atoms with Gasteiger partial charge in [0.1, 0.15) is 5.75 Å². The lowest BCUT2D eigenvalue weighted by atomic mass is 9.96. The highest BCUT2D eigenvalue weighted by atomic mass is 32.1. The van der Waals surface area contributed by atoms with E-state index in [1.165, 1.54) is 11.3 Å². The number of thiazole rings is 1. The highest BCUT2D eigenvalue weighted by Crippen LogP contribution is 2.33. The molecule has 0 saturated heterocycles. The van der Waals surface area contributed by atoms with E-state index < -0.39 is 12.0 Å². The van der Waals surface area contributed by atoms with Crippen molar-refractivity contribution in [3.8, 4) is 17.2 Å². The van der Waals surface area contributed by atoms with Crippen molar-refractivity contribution in [2.45, 2.75) is 19.9 Å². The first-order chi connectivity index (χ1) is 16.5. The number of ether oxygens (including phenoxy) is 4. The minimum atomic E-state index is -0.667. The Labute approximate surface area is 199 Å². The molecule has 8 nitrogen and oxygen atoms in total. The number of carbonyl (C=O) groups excluding carboxylic acids is 1. The highest BCUT2D eigenvalue weighted by Gasteiger charge is 2.33. The first-order valence-corrected chi connectivity index (χ1v) is 11.5. The van der Waals surface area contributed by atoms with Crippen LogP contribution in [0.15, 0.2) is 63.5 Å². The predicted molar refractivity (Wildman–Crippen MR) is 126 cm³/mol. The van der Waals surface area contributed by atoms with E-state index in [2.05, 4.69) is 4.99 Å². The summed E-state index contributed by atoms with van der Waals surface area (Å²) < 4.78 is 23.5. The van der Waals surface area contributed by atoms with Gasteiger partial charge < -0.3 is 18.9 Å². The quantitative estimate of drug-likeness (QED) is 0.524. The van der Waals surface area contributed by atoms with E-state index in [1.807, 2.05) is 30.3 Å². The number of fused-ring (bicyclic) bond motifs is 2. The largest absolute Gasteiger partial charge is 0.497 e. The van der Waals surface area contributed by atoms with Gasteiger partial charge in [-0.1, -0.05) is 29.5 Å². The van der Waals surface area contributed by atoms with Crippen molar-refractivity contribution in [1.82, 2.24) is 4.57 Å². The van der Waals surface area contributed by atoms with Crippen molar-refractivity contribution in [2.24, 2.45) is 4.99 Å². The third-order valence-electron chi connectivity index (χ3n) is 5.64. The number of allylic oxidation sites excluding steroid dienone is 1. The number of carbonyl (C=O) groups is 1. The van der Waals surface area contributed by atoms with Gasteiger partial charge >= 0.3 is 5.97 Å².